The molecule has 0 bridgehead atoms. The molecule has 1 saturated heterocycles. The van der Waals surface area contributed by atoms with E-state index in [1.165, 1.54) is 0 Å². The lowest BCUT2D eigenvalue weighted by Crippen LogP contribution is -2.45. The summed E-state index contributed by atoms with van der Waals surface area (Å²) in [4.78, 5) is 28.5. The second-order valence-electron chi connectivity index (χ2n) is 8.20. The van der Waals surface area contributed by atoms with E-state index in [1.807, 2.05) is 20.8 Å². The first-order valence-corrected chi connectivity index (χ1v) is 10.6. The highest BCUT2D eigenvalue weighted by Gasteiger charge is 2.37. The second kappa shape index (κ2) is 9.73. The van der Waals surface area contributed by atoms with Gasteiger partial charge in [0, 0.05) is 12.1 Å². The van der Waals surface area contributed by atoms with Crippen LogP contribution in [-0.2, 0) is 16.0 Å². The molecule has 8 nitrogen and oxygen atoms in total. The summed E-state index contributed by atoms with van der Waals surface area (Å²) in [6, 6.07) is 3.83. The number of nitrogens with zero attached hydrogens (tertiary/aromatic N) is 1. The van der Waals surface area contributed by atoms with Gasteiger partial charge < -0.3 is 15.4 Å². The number of halogens is 1. The van der Waals surface area contributed by atoms with Crippen LogP contribution in [-0.4, -0.2) is 41.3 Å². The molecule has 2 heterocycles. The molecule has 2 unspecified atom stereocenters. The van der Waals surface area contributed by atoms with Gasteiger partial charge in [-0.3, -0.25) is 15.2 Å². The Balaban J connectivity index is 1.41. The maximum atomic E-state index is 12.3. The monoisotopic (exact) mass is 423 g/mol. The first-order chi connectivity index (χ1) is 13.8. The maximum Gasteiger partial charge on any atom is 0.407 e. The Hall–Kier alpha value is -1.90. The number of carbonyl (C=O) groups excluding carboxylic acids is 2. The van der Waals surface area contributed by atoms with E-state index in [0.29, 0.717) is 16.6 Å². The van der Waals surface area contributed by atoms with Gasteiger partial charge in [-0.05, 0) is 64.5 Å². The number of ether oxygens (including phenoxy) is 1. The molecule has 3 rings (SSSR count). The third-order valence-electron chi connectivity index (χ3n) is 5.36. The quantitative estimate of drug-likeness (QED) is 0.559. The van der Waals surface area contributed by atoms with Gasteiger partial charge >= 0.3 is 6.09 Å². The Morgan fingerprint density at radius 2 is 2.07 bits per heavy atom. The van der Waals surface area contributed by atoms with Crippen LogP contribution < -0.4 is 21.5 Å². The van der Waals surface area contributed by atoms with Crippen molar-refractivity contribution >= 4 is 23.6 Å². The number of hydrogen-bond acceptors (Lipinski definition) is 6. The van der Waals surface area contributed by atoms with Crippen LogP contribution in [0.15, 0.2) is 12.1 Å². The van der Waals surface area contributed by atoms with E-state index in [9.17, 15) is 9.59 Å². The highest BCUT2D eigenvalue weighted by molar-refractivity contribution is 6.31. The molecule has 1 aromatic heterocycles. The van der Waals surface area contributed by atoms with Gasteiger partial charge in [0.05, 0.1) is 29.0 Å². The fourth-order valence-corrected chi connectivity index (χ4v) is 4.06. The molecule has 1 aliphatic carbocycles. The summed E-state index contributed by atoms with van der Waals surface area (Å²) in [5, 5.41) is 6.36. The van der Waals surface area contributed by atoms with Crippen LogP contribution in [0, 0.1) is 12.8 Å². The van der Waals surface area contributed by atoms with E-state index >= 15 is 0 Å². The minimum absolute atomic E-state index is 0.0478. The van der Waals surface area contributed by atoms with E-state index in [1.54, 1.807) is 12.1 Å². The smallest absolute Gasteiger partial charge is 0.407 e. The van der Waals surface area contributed by atoms with Crippen LogP contribution in [0.2, 0.25) is 5.02 Å². The molecule has 1 aliphatic heterocycles. The Kier molecular flexibility index (Phi) is 7.32. The fourth-order valence-electron chi connectivity index (χ4n) is 3.96. The van der Waals surface area contributed by atoms with Gasteiger partial charge in [0.25, 0.3) is 0 Å². The van der Waals surface area contributed by atoms with Crippen LogP contribution in [0.4, 0.5) is 4.79 Å². The molecule has 1 saturated carbocycles. The Labute approximate surface area is 176 Å². The number of hydrogen-bond donors (Lipinski definition) is 4. The van der Waals surface area contributed by atoms with Gasteiger partial charge in [-0.25, -0.2) is 10.2 Å². The van der Waals surface area contributed by atoms with Crippen LogP contribution in [0.25, 0.3) is 0 Å². The predicted octanol–water partition coefficient (Wildman–Crippen LogP) is 2.20. The largest absolute Gasteiger partial charge is 0.446 e. The molecule has 0 spiro atoms. The van der Waals surface area contributed by atoms with Crippen molar-refractivity contribution in [3.8, 4) is 0 Å². The fraction of sp³-hybridized carbons (Fsp3) is 0.650. The third-order valence-corrected chi connectivity index (χ3v) is 5.76. The minimum atomic E-state index is -0.348. The van der Waals surface area contributed by atoms with Gasteiger partial charge in [0.2, 0.25) is 5.91 Å². The highest BCUT2D eigenvalue weighted by atomic mass is 35.5. The molecule has 29 heavy (non-hydrogen) atoms. The molecular weight excluding hydrogens is 394 g/mol. The standard InChI is InChI=1S/C20H30ClN5O3/c1-11(2)22-20(28)29-15-6-4-13(8-15)17-10-18(26-25-17)24-19(27)9-14-5-7-16(21)12(3)23-14/h5,7,11,13,15,17-18,25-26H,4,6,8-10H2,1-3H3,(H,22,28)(H,24,27)/t13-,15+,17?,18?/m0/s1. The Morgan fingerprint density at radius 3 is 2.79 bits per heavy atom. The average Bonchev–Trinajstić information content (AvgIpc) is 3.26. The maximum absolute atomic E-state index is 12.3. The summed E-state index contributed by atoms with van der Waals surface area (Å²) >= 11 is 5.98. The lowest BCUT2D eigenvalue weighted by atomic mass is 9.96. The van der Waals surface area contributed by atoms with Crippen molar-refractivity contribution in [1.82, 2.24) is 26.5 Å². The minimum Gasteiger partial charge on any atom is -0.446 e. The predicted molar refractivity (Wildman–Crippen MR) is 110 cm³/mol. The van der Waals surface area contributed by atoms with Crippen molar-refractivity contribution < 1.29 is 14.3 Å². The first kappa shape index (κ1) is 21.8. The molecule has 1 aromatic rings. The first-order valence-electron chi connectivity index (χ1n) is 10.2. The summed E-state index contributed by atoms with van der Waals surface area (Å²) < 4.78 is 5.50. The molecule has 2 amide bonds. The molecule has 9 heteroatoms. The Morgan fingerprint density at radius 1 is 1.28 bits per heavy atom. The number of pyridine rings is 1. The number of aromatic nitrogens is 1. The van der Waals surface area contributed by atoms with Crippen LogP contribution >= 0.6 is 11.6 Å². The summed E-state index contributed by atoms with van der Waals surface area (Å²) in [5.74, 6) is 0.319. The van der Waals surface area contributed by atoms with Crippen LogP contribution in [0.1, 0.15) is 50.9 Å². The zero-order valence-corrected chi connectivity index (χ0v) is 17.9. The van der Waals surface area contributed by atoms with Crippen molar-refractivity contribution in [1.29, 1.82) is 0 Å². The molecule has 0 radical (unpaired) electrons. The van der Waals surface area contributed by atoms with Crippen LogP contribution in [0.5, 0.6) is 0 Å². The van der Waals surface area contributed by atoms with Gasteiger partial charge in [0.15, 0.2) is 0 Å². The van der Waals surface area contributed by atoms with Gasteiger partial charge in [-0.1, -0.05) is 11.6 Å². The topological polar surface area (TPSA) is 104 Å². The van der Waals surface area contributed by atoms with Crippen molar-refractivity contribution in [2.24, 2.45) is 5.92 Å². The number of amides is 2. The summed E-state index contributed by atoms with van der Waals surface area (Å²) in [6.07, 6.45) is 3.16. The van der Waals surface area contributed by atoms with Gasteiger partial charge in [0.1, 0.15) is 6.10 Å². The highest BCUT2D eigenvalue weighted by Crippen LogP contribution is 2.32. The molecule has 2 fully saturated rings. The van der Waals surface area contributed by atoms with Crippen LogP contribution in [0.3, 0.4) is 0 Å². The summed E-state index contributed by atoms with van der Waals surface area (Å²) in [6.45, 7) is 5.64. The lowest BCUT2D eigenvalue weighted by Gasteiger charge is -2.18. The van der Waals surface area contributed by atoms with Crippen molar-refractivity contribution in [2.75, 3.05) is 0 Å². The van der Waals surface area contributed by atoms with Gasteiger partial charge in [-0.15, -0.1) is 0 Å². The molecule has 0 aromatic carbocycles. The number of hydrazine groups is 1. The van der Waals surface area contributed by atoms with E-state index in [2.05, 4.69) is 26.5 Å². The third kappa shape index (κ3) is 6.29. The summed E-state index contributed by atoms with van der Waals surface area (Å²) in [7, 11) is 0. The van der Waals surface area contributed by atoms with Gasteiger partial charge in [-0.2, -0.15) is 0 Å². The zero-order chi connectivity index (χ0) is 21.0. The second-order valence-corrected chi connectivity index (χ2v) is 8.60. The molecular formula is C20H30ClN5O3. The number of nitrogens with one attached hydrogen (secondary N) is 4. The SMILES string of the molecule is Cc1nc(CC(=O)NC2CC([C@H]3CC[C@@H](OC(=O)NC(C)C)C3)NN2)ccc1Cl. The zero-order valence-electron chi connectivity index (χ0n) is 17.1. The Bertz CT molecular complexity index is 745. The molecule has 160 valence electrons. The molecule has 2 aliphatic rings. The number of rotatable bonds is 6. The van der Waals surface area contributed by atoms with Crippen molar-refractivity contribution in [3.63, 3.8) is 0 Å². The van der Waals surface area contributed by atoms with E-state index in [0.717, 1.165) is 31.4 Å². The number of aryl methyl sites for hydroxylation is 1. The van der Waals surface area contributed by atoms with E-state index in [4.69, 9.17) is 16.3 Å². The molecule has 4 N–H and O–H groups in total. The average molecular weight is 424 g/mol. The molecule has 4 atom stereocenters. The van der Waals surface area contributed by atoms with E-state index < -0.39 is 0 Å². The normalized spacial score (nSPS) is 26.5. The lowest BCUT2D eigenvalue weighted by molar-refractivity contribution is -0.121. The number of carbonyl (C=O) groups is 2. The summed E-state index contributed by atoms with van der Waals surface area (Å²) in [5.41, 5.74) is 7.86. The number of alkyl carbamates (subject to hydrolysis) is 1. The van der Waals surface area contributed by atoms with Crippen molar-refractivity contribution in [3.05, 3.63) is 28.5 Å². The van der Waals surface area contributed by atoms with Crippen molar-refractivity contribution in [2.45, 2.75) is 77.2 Å². The van der Waals surface area contributed by atoms with E-state index in [-0.39, 0.29) is 42.8 Å².